The van der Waals surface area contributed by atoms with Crippen LogP contribution in [0.15, 0.2) is 0 Å². The van der Waals surface area contributed by atoms with E-state index in [1.165, 1.54) is 0 Å². The molecule has 3 aliphatic rings. The van der Waals surface area contributed by atoms with Gasteiger partial charge in [0.15, 0.2) is 0 Å². The molecule has 3 fully saturated rings. The molecule has 2 atom stereocenters. The second-order valence-corrected chi connectivity index (χ2v) is 6.96. The Labute approximate surface area is 125 Å². The fourth-order valence-corrected chi connectivity index (χ4v) is 4.08. The number of aliphatic carboxylic acids is 1. The summed E-state index contributed by atoms with van der Waals surface area (Å²) in [6, 6.07) is 0. The summed E-state index contributed by atoms with van der Waals surface area (Å²) < 4.78 is 5.41. The Balaban J connectivity index is 1.52. The lowest BCUT2D eigenvalue weighted by molar-refractivity contribution is -0.137. The number of carboxylic acid groups (broad SMARTS) is 1. The van der Waals surface area contributed by atoms with E-state index in [-0.39, 0.29) is 17.8 Å². The zero-order chi connectivity index (χ0) is 14.9. The molecule has 5 heteroatoms. The van der Waals surface area contributed by atoms with Crippen molar-refractivity contribution in [3.05, 3.63) is 0 Å². The molecular formula is C16H25NO4. The van der Waals surface area contributed by atoms with Gasteiger partial charge in [0.1, 0.15) is 0 Å². The van der Waals surface area contributed by atoms with Crippen molar-refractivity contribution in [2.45, 2.75) is 44.9 Å². The minimum absolute atomic E-state index is 0.208. The van der Waals surface area contributed by atoms with Crippen molar-refractivity contribution in [1.29, 1.82) is 0 Å². The third kappa shape index (κ3) is 3.23. The van der Waals surface area contributed by atoms with Crippen molar-refractivity contribution in [1.82, 2.24) is 4.90 Å². The van der Waals surface area contributed by atoms with E-state index in [0.717, 1.165) is 58.4 Å². The van der Waals surface area contributed by atoms with Gasteiger partial charge in [-0.1, -0.05) is 0 Å². The molecule has 21 heavy (non-hydrogen) atoms. The second kappa shape index (κ2) is 5.95. The molecule has 1 aliphatic carbocycles. The average Bonchev–Trinajstić information content (AvgIpc) is 3.18. The highest BCUT2D eigenvalue weighted by Gasteiger charge is 2.59. The Kier molecular flexibility index (Phi) is 4.20. The number of likely N-dealkylation sites (tertiary alicyclic amines) is 1. The molecule has 3 rings (SSSR count). The Morgan fingerprint density at radius 3 is 2.76 bits per heavy atom. The number of piperidine rings is 1. The van der Waals surface area contributed by atoms with Crippen molar-refractivity contribution in [2.24, 2.45) is 17.3 Å². The van der Waals surface area contributed by atoms with Gasteiger partial charge in [-0.25, -0.2) is 0 Å². The van der Waals surface area contributed by atoms with Crippen LogP contribution in [0.5, 0.6) is 0 Å². The summed E-state index contributed by atoms with van der Waals surface area (Å²) >= 11 is 0. The van der Waals surface area contributed by atoms with Crippen LogP contribution in [-0.2, 0) is 14.3 Å². The molecule has 5 nitrogen and oxygen atoms in total. The minimum Gasteiger partial charge on any atom is -0.481 e. The maximum absolute atomic E-state index is 12.7. The maximum Gasteiger partial charge on any atom is 0.303 e. The summed E-state index contributed by atoms with van der Waals surface area (Å²) in [6.45, 7) is 3.21. The number of nitrogens with zero attached hydrogens (tertiary/aromatic N) is 1. The molecule has 2 saturated heterocycles. The first-order valence-corrected chi connectivity index (χ1v) is 8.19. The predicted octanol–water partition coefficient (Wildman–Crippen LogP) is 1.91. The number of carbonyl (C=O) groups is 2. The second-order valence-electron chi connectivity index (χ2n) is 6.96. The van der Waals surface area contributed by atoms with Gasteiger partial charge in [-0.2, -0.15) is 0 Å². The monoisotopic (exact) mass is 295 g/mol. The van der Waals surface area contributed by atoms with E-state index in [1.807, 2.05) is 4.90 Å². The average molecular weight is 295 g/mol. The minimum atomic E-state index is -0.734. The van der Waals surface area contributed by atoms with Gasteiger partial charge in [-0.05, 0) is 49.9 Å². The number of ether oxygens (including phenoxy) is 1. The van der Waals surface area contributed by atoms with E-state index < -0.39 is 5.97 Å². The molecule has 1 amide bonds. The molecule has 0 bridgehead atoms. The number of hydrogen-bond donors (Lipinski definition) is 1. The molecule has 0 aromatic heterocycles. The van der Waals surface area contributed by atoms with Gasteiger partial charge < -0.3 is 14.7 Å². The summed E-state index contributed by atoms with van der Waals surface area (Å²) in [4.78, 5) is 25.4. The van der Waals surface area contributed by atoms with Gasteiger partial charge in [0.2, 0.25) is 5.91 Å². The molecule has 1 spiro atoms. The molecule has 1 saturated carbocycles. The molecule has 0 radical (unpaired) electrons. The number of carbonyl (C=O) groups excluding carboxylic acids is 1. The molecular weight excluding hydrogens is 270 g/mol. The first-order valence-electron chi connectivity index (χ1n) is 8.19. The van der Waals surface area contributed by atoms with Crippen LogP contribution in [-0.4, -0.2) is 48.2 Å². The Hall–Kier alpha value is -1.10. The van der Waals surface area contributed by atoms with E-state index in [1.54, 1.807) is 0 Å². The van der Waals surface area contributed by atoms with Crippen LogP contribution in [0.25, 0.3) is 0 Å². The number of hydrogen-bond acceptors (Lipinski definition) is 3. The Bertz CT molecular complexity index is 417. The fraction of sp³-hybridized carbons (Fsp3) is 0.875. The van der Waals surface area contributed by atoms with Gasteiger partial charge >= 0.3 is 5.97 Å². The molecule has 2 heterocycles. The standard InChI is InChI=1S/C16H25NO4/c18-14(19)4-3-12-2-1-7-17(11-12)15(20)13-10-16(13)5-8-21-9-6-16/h12-13H,1-11H2,(H,18,19)/t12-,13-/m1/s1. The van der Waals surface area contributed by atoms with Crippen LogP contribution in [0.2, 0.25) is 0 Å². The van der Waals surface area contributed by atoms with Crippen molar-refractivity contribution in [3.63, 3.8) is 0 Å². The largest absolute Gasteiger partial charge is 0.481 e. The van der Waals surface area contributed by atoms with Crippen LogP contribution in [0.3, 0.4) is 0 Å². The van der Waals surface area contributed by atoms with Crippen molar-refractivity contribution in [3.8, 4) is 0 Å². The van der Waals surface area contributed by atoms with Crippen LogP contribution in [0.1, 0.15) is 44.9 Å². The Morgan fingerprint density at radius 1 is 1.29 bits per heavy atom. The van der Waals surface area contributed by atoms with E-state index in [2.05, 4.69) is 0 Å². The van der Waals surface area contributed by atoms with Gasteiger partial charge in [-0.15, -0.1) is 0 Å². The van der Waals surface area contributed by atoms with Crippen LogP contribution < -0.4 is 0 Å². The topological polar surface area (TPSA) is 66.8 Å². The first kappa shape index (κ1) is 14.8. The maximum atomic E-state index is 12.7. The normalized spacial score (nSPS) is 31.1. The lowest BCUT2D eigenvalue weighted by Crippen LogP contribution is -2.42. The van der Waals surface area contributed by atoms with Gasteiger partial charge in [-0.3, -0.25) is 9.59 Å². The number of rotatable bonds is 4. The van der Waals surface area contributed by atoms with E-state index in [4.69, 9.17) is 9.84 Å². The smallest absolute Gasteiger partial charge is 0.303 e. The highest BCUT2D eigenvalue weighted by molar-refractivity contribution is 5.82. The summed E-state index contributed by atoms with van der Waals surface area (Å²) in [7, 11) is 0. The van der Waals surface area contributed by atoms with Crippen LogP contribution in [0, 0.1) is 17.3 Å². The fourth-order valence-electron chi connectivity index (χ4n) is 4.08. The molecule has 0 unspecified atom stereocenters. The summed E-state index contributed by atoms with van der Waals surface area (Å²) in [5.74, 6) is 0.154. The van der Waals surface area contributed by atoms with E-state index in [0.29, 0.717) is 18.2 Å². The van der Waals surface area contributed by atoms with Crippen LogP contribution >= 0.6 is 0 Å². The highest BCUT2D eigenvalue weighted by atomic mass is 16.5. The summed E-state index contributed by atoms with van der Waals surface area (Å²) in [5.41, 5.74) is 0.239. The zero-order valence-electron chi connectivity index (χ0n) is 12.6. The van der Waals surface area contributed by atoms with Crippen molar-refractivity contribution in [2.75, 3.05) is 26.3 Å². The molecule has 2 aliphatic heterocycles. The van der Waals surface area contributed by atoms with Crippen LogP contribution in [0.4, 0.5) is 0 Å². The van der Waals surface area contributed by atoms with E-state index >= 15 is 0 Å². The third-order valence-electron chi connectivity index (χ3n) is 5.57. The molecule has 118 valence electrons. The number of carboxylic acids is 1. The first-order chi connectivity index (χ1) is 10.1. The zero-order valence-corrected chi connectivity index (χ0v) is 12.6. The lowest BCUT2D eigenvalue weighted by Gasteiger charge is -2.34. The molecule has 0 aromatic rings. The van der Waals surface area contributed by atoms with Crippen molar-refractivity contribution < 1.29 is 19.4 Å². The van der Waals surface area contributed by atoms with Gasteiger partial charge in [0, 0.05) is 38.6 Å². The quantitative estimate of drug-likeness (QED) is 0.860. The molecule has 1 N–H and O–H groups in total. The third-order valence-corrected chi connectivity index (χ3v) is 5.57. The predicted molar refractivity (Wildman–Crippen MR) is 76.8 cm³/mol. The lowest BCUT2D eigenvalue weighted by atomic mass is 9.91. The highest BCUT2D eigenvalue weighted by Crippen LogP contribution is 2.59. The SMILES string of the molecule is O=C(O)CC[C@H]1CCCN(C(=O)[C@H]2CC23CCOCC3)C1. The number of amides is 1. The summed E-state index contributed by atoms with van der Waals surface area (Å²) in [6.07, 6.45) is 6.07. The van der Waals surface area contributed by atoms with E-state index in [9.17, 15) is 9.59 Å². The van der Waals surface area contributed by atoms with Gasteiger partial charge in [0.25, 0.3) is 0 Å². The van der Waals surface area contributed by atoms with Crippen molar-refractivity contribution >= 4 is 11.9 Å². The van der Waals surface area contributed by atoms with Gasteiger partial charge in [0.05, 0.1) is 0 Å². The summed E-state index contributed by atoms with van der Waals surface area (Å²) in [5, 5.41) is 8.79. The Morgan fingerprint density at radius 2 is 2.05 bits per heavy atom. The molecule has 0 aromatic carbocycles.